The maximum absolute atomic E-state index is 5.82. The fourth-order valence-electron chi connectivity index (χ4n) is 1.72. The minimum Gasteiger partial charge on any atom is -0.382 e. The molecule has 2 heterocycles. The summed E-state index contributed by atoms with van der Waals surface area (Å²) in [5, 5.41) is 7.44. The van der Waals surface area contributed by atoms with E-state index in [1.165, 1.54) is 12.8 Å². The third kappa shape index (κ3) is 2.06. The Labute approximate surface area is 98.9 Å². The largest absolute Gasteiger partial charge is 0.382 e. The Kier molecular flexibility index (Phi) is 2.21. The predicted octanol–water partition coefficient (Wildman–Crippen LogP) is 1.03. The van der Waals surface area contributed by atoms with Gasteiger partial charge in [0.05, 0.1) is 11.3 Å². The monoisotopic (exact) mass is 230 g/mol. The van der Waals surface area contributed by atoms with Crippen LogP contribution in [0.1, 0.15) is 12.8 Å². The second-order valence-corrected chi connectivity index (χ2v) is 4.31. The van der Waals surface area contributed by atoms with Crippen LogP contribution in [0.4, 0.5) is 11.6 Å². The molecule has 0 radical (unpaired) electrons. The molecule has 0 unspecified atom stereocenters. The van der Waals surface area contributed by atoms with E-state index in [1.807, 2.05) is 19.3 Å². The first-order valence-electron chi connectivity index (χ1n) is 5.60. The van der Waals surface area contributed by atoms with Gasteiger partial charge in [-0.05, 0) is 12.8 Å². The van der Waals surface area contributed by atoms with E-state index < -0.39 is 0 Å². The van der Waals surface area contributed by atoms with Crippen LogP contribution in [-0.2, 0) is 7.05 Å². The first-order chi connectivity index (χ1) is 8.22. The molecule has 0 aromatic carbocycles. The van der Waals surface area contributed by atoms with Gasteiger partial charge in [0.15, 0.2) is 5.82 Å². The highest BCUT2D eigenvalue weighted by Gasteiger charge is 2.21. The molecule has 0 atom stereocenters. The number of anilines is 2. The lowest BCUT2D eigenvalue weighted by molar-refractivity contribution is 0.772. The molecule has 0 spiro atoms. The van der Waals surface area contributed by atoms with Crippen LogP contribution in [0, 0.1) is 0 Å². The van der Waals surface area contributed by atoms with Crippen molar-refractivity contribution < 1.29 is 0 Å². The first-order valence-corrected chi connectivity index (χ1v) is 5.60. The number of nitrogens with two attached hydrogens (primary N) is 1. The van der Waals surface area contributed by atoms with Crippen LogP contribution in [0.2, 0.25) is 0 Å². The van der Waals surface area contributed by atoms with Crippen LogP contribution < -0.4 is 11.1 Å². The van der Waals surface area contributed by atoms with Gasteiger partial charge in [0, 0.05) is 25.4 Å². The molecule has 3 rings (SSSR count). The van der Waals surface area contributed by atoms with Crippen LogP contribution in [0.5, 0.6) is 0 Å². The van der Waals surface area contributed by atoms with E-state index >= 15 is 0 Å². The maximum atomic E-state index is 5.82. The average molecular weight is 230 g/mol. The molecule has 2 aromatic heterocycles. The molecule has 88 valence electrons. The van der Waals surface area contributed by atoms with Gasteiger partial charge in [-0.3, -0.25) is 4.68 Å². The number of aromatic nitrogens is 4. The number of rotatable bonds is 3. The third-order valence-corrected chi connectivity index (χ3v) is 2.73. The molecule has 17 heavy (non-hydrogen) atoms. The second kappa shape index (κ2) is 3.73. The molecule has 1 aliphatic carbocycles. The van der Waals surface area contributed by atoms with Crippen molar-refractivity contribution in [3.63, 3.8) is 0 Å². The van der Waals surface area contributed by atoms with Crippen molar-refractivity contribution >= 4 is 11.6 Å². The Morgan fingerprint density at radius 3 is 2.88 bits per heavy atom. The molecular formula is C11H14N6. The molecule has 1 saturated carbocycles. The molecule has 0 saturated heterocycles. The van der Waals surface area contributed by atoms with Crippen molar-refractivity contribution in [3.8, 4) is 11.3 Å². The van der Waals surface area contributed by atoms with Gasteiger partial charge in [-0.2, -0.15) is 5.10 Å². The van der Waals surface area contributed by atoms with Crippen molar-refractivity contribution in [2.24, 2.45) is 7.05 Å². The Bertz CT molecular complexity index is 543. The predicted molar refractivity (Wildman–Crippen MR) is 65.3 cm³/mol. The lowest BCUT2D eigenvalue weighted by Gasteiger charge is -2.04. The van der Waals surface area contributed by atoms with Crippen molar-refractivity contribution in [3.05, 3.63) is 18.6 Å². The second-order valence-electron chi connectivity index (χ2n) is 4.31. The highest BCUT2D eigenvalue weighted by atomic mass is 15.3. The molecule has 1 aliphatic rings. The quantitative estimate of drug-likeness (QED) is 0.823. The van der Waals surface area contributed by atoms with Gasteiger partial charge in [0.25, 0.3) is 0 Å². The van der Waals surface area contributed by atoms with E-state index in [9.17, 15) is 0 Å². The molecule has 6 nitrogen and oxygen atoms in total. The van der Waals surface area contributed by atoms with E-state index in [4.69, 9.17) is 5.73 Å². The van der Waals surface area contributed by atoms with Crippen LogP contribution in [0.15, 0.2) is 18.6 Å². The van der Waals surface area contributed by atoms with Gasteiger partial charge in [-0.15, -0.1) is 0 Å². The van der Waals surface area contributed by atoms with Crippen molar-refractivity contribution in [2.75, 3.05) is 11.1 Å². The summed E-state index contributed by atoms with van der Waals surface area (Å²) in [5.41, 5.74) is 7.47. The minimum atomic E-state index is 0.489. The fraction of sp³-hybridized carbons (Fsp3) is 0.364. The Balaban J connectivity index is 1.93. The van der Waals surface area contributed by atoms with Gasteiger partial charge < -0.3 is 11.1 Å². The average Bonchev–Trinajstić information content (AvgIpc) is 3.03. The Morgan fingerprint density at radius 1 is 1.41 bits per heavy atom. The summed E-state index contributed by atoms with van der Waals surface area (Å²) in [6.07, 6.45) is 5.84. The molecule has 0 amide bonds. The van der Waals surface area contributed by atoms with Gasteiger partial charge in [-0.1, -0.05) is 0 Å². The number of hydrogen-bond acceptors (Lipinski definition) is 5. The van der Waals surface area contributed by atoms with Gasteiger partial charge in [-0.25, -0.2) is 9.97 Å². The van der Waals surface area contributed by atoms with E-state index in [2.05, 4.69) is 20.4 Å². The zero-order valence-electron chi connectivity index (χ0n) is 9.59. The molecule has 1 fully saturated rings. The van der Waals surface area contributed by atoms with Crippen LogP contribution >= 0.6 is 0 Å². The SMILES string of the molecule is Cn1cc(-c2cc(NC3CC3)ncn2)c(N)n1. The fourth-order valence-corrected chi connectivity index (χ4v) is 1.72. The van der Waals surface area contributed by atoms with Crippen LogP contribution in [-0.4, -0.2) is 25.8 Å². The van der Waals surface area contributed by atoms with Crippen LogP contribution in [0.3, 0.4) is 0 Å². The van der Waals surface area contributed by atoms with E-state index in [-0.39, 0.29) is 0 Å². The summed E-state index contributed by atoms with van der Waals surface area (Å²) < 4.78 is 1.68. The molecular weight excluding hydrogens is 216 g/mol. The molecule has 6 heteroatoms. The topological polar surface area (TPSA) is 81.7 Å². The summed E-state index contributed by atoms with van der Waals surface area (Å²) in [6.45, 7) is 0. The number of nitrogen functional groups attached to an aromatic ring is 1. The van der Waals surface area contributed by atoms with E-state index in [0.717, 1.165) is 17.1 Å². The smallest absolute Gasteiger partial charge is 0.154 e. The number of nitrogens with zero attached hydrogens (tertiary/aromatic N) is 4. The summed E-state index contributed by atoms with van der Waals surface area (Å²) in [4.78, 5) is 8.42. The van der Waals surface area contributed by atoms with Crippen LogP contribution in [0.25, 0.3) is 11.3 Å². The minimum absolute atomic E-state index is 0.489. The number of hydrogen-bond donors (Lipinski definition) is 2. The maximum Gasteiger partial charge on any atom is 0.154 e. The molecule has 3 N–H and O–H groups in total. The van der Waals surface area contributed by atoms with Crippen molar-refractivity contribution in [1.29, 1.82) is 0 Å². The zero-order valence-corrected chi connectivity index (χ0v) is 9.59. The van der Waals surface area contributed by atoms with E-state index in [1.54, 1.807) is 11.0 Å². The normalized spacial score (nSPS) is 14.9. The summed E-state index contributed by atoms with van der Waals surface area (Å²) in [6, 6.07) is 2.48. The zero-order chi connectivity index (χ0) is 11.8. The molecule has 2 aromatic rings. The number of aryl methyl sites for hydroxylation is 1. The van der Waals surface area contributed by atoms with Crippen molar-refractivity contribution in [1.82, 2.24) is 19.7 Å². The number of nitrogens with one attached hydrogen (secondary N) is 1. The van der Waals surface area contributed by atoms with Gasteiger partial charge in [0.1, 0.15) is 12.1 Å². The van der Waals surface area contributed by atoms with Gasteiger partial charge >= 0.3 is 0 Å². The standard InChI is InChI=1S/C11H14N6/c1-17-5-8(11(12)16-17)9-4-10(14-6-13-9)15-7-2-3-7/h4-7H,2-3H2,1H3,(H2,12,16)(H,13,14,15). The lowest BCUT2D eigenvalue weighted by Crippen LogP contribution is -2.03. The summed E-state index contributed by atoms with van der Waals surface area (Å²) in [5.74, 6) is 1.34. The lowest BCUT2D eigenvalue weighted by atomic mass is 10.2. The first kappa shape index (κ1) is 10.1. The van der Waals surface area contributed by atoms with Crippen molar-refractivity contribution in [2.45, 2.75) is 18.9 Å². The third-order valence-electron chi connectivity index (χ3n) is 2.73. The molecule has 0 bridgehead atoms. The summed E-state index contributed by atoms with van der Waals surface area (Å²) >= 11 is 0. The summed E-state index contributed by atoms with van der Waals surface area (Å²) in [7, 11) is 1.84. The van der Waals surface area contributed by atoms with Gasteiger partial charge in [0.2, 0.25) is 0 Å². The molecule has 0 aliphatic heterocycles. The highest BCUT2D eigenvalue weighted by molar-refractivity contribution is 5.71. The Hall–Kier alpha value is -2.11. The van der Waals surface area contributed by atoms with E-state index in [0.29, 0.717) is 11.9 Å². The highest BCUT2D eigenvalue weighted by Crippen LogP contribution is 2.27. The Morgan fingerprint density at radius 2 is 2.24 bits per heavy atom.